The van der Waals surface area contributed by atoms with Gasteiger partial charge in [-0.1, -0.05) is 6.92 Å². The van der Waals surface area contributed by atoms with Gasteiger partial charge in [-0.15, -0.1) is 0 Å². The lowest BCUT2D eigenvalue weighted by atomic mass is 10.6. The van der Waals surface area contributed by atoms with E-state index in [1.807, 2.05) is 0 Å². The molecule has 1 amide bonds. The molecule has 1 heterocycles. The molecule has 1 unspecified atom stereocenters. The lowest BCUT2D eigenvalue weighted by Crippen LogP contribution is -2.34. The Morgan fingerprint density at radius 2 is 2.08 bits per heavy atom. The molecule has 1 aliphatic heterocycles. The third-order valence-electron chi connectivity index (χ3n) is 2.02. The third kappa shape index (κ3) is 2.40. The zero-order valence-electron chi connectivity index (χ0n) is 8.12. The predicted octanol–water partition coefficient (Wildman–Crippen LogP) is 1.77. The molecule has 0 aliphatic carbocycles. The minimum atomic E-state index is -0.994. The quantitative estimate of drug-likeness (QED) is 0.790. The van der Waals surface area contributed by atoms with Gasteiger partial charge in [-0.3, -0.25) is 9.59 Å². The fourth-order valence-electron chi connectivity index (χ4n) is 1.40. The van der Waals surface area contributed by atoms with Crippen molar-refractivity contribution >= 4 is 32.1 Å². The monoisotopic (exact) mass is 221 g/mol. The van der Waals surface area contributed by atoms with Gasteiger partial charge in [0.15, 0.2) is 0 Å². The van der Waals surface area contributed by atoms with Gasteiger partial charge >= 0.3 is 0 Å². The van der Waals surface area contributed by atoms with Crippen LogP contribution < -0.4 is 5.32 Å². The van der Waals surface area contributed by atoms with Crippen LogP contribution in [0.1, 0.15) is 13.3 Å². The van der Waals surface area contributed by atoms with E-state index < -0.39 is 10.0 Å². The first-order valence-corrected chi connectivity index (χ1v) is 7.69. The lowest BCUT2D eigenvalue weighted by molar-refractivity contribution is -0.110. The molecule has 0 aromatic carbocycles. The number of rotatable bonds is 3. The number of nitrogens with one attached hydrogen (secondary N) is 1. The fourth-order valence-corrected chi connectivity index (χ4v) is 5.17. The van der Waals surface area contributed by atoms with Crippen LogP contribution in [0.15, 0.2) is 0 Å². The average Bonchev–Trinajstić information content (AvgIpc) is 2.30. The van der Waals surface area contributed by atoms with E-state index in [1.54, 1.807) is 0 Å². The maximum atomic E-state index is 11.4. The molecule has 0 saturated carbocycles. The zero-order chi connectivity index (χ0) is 10.1. The van der Waals surface area contributed by atoms with Gasteiger partial charge in [-0.2, -0.15) is 0 Å². The highest BCUT2D eigenvalue weighted by atomic mass is 32.3. The Kier molecular flexibility index (Phi) is 3.29. The van der Waals surface area contributed by atoms with Crippen LogP contribution in [0.3, 0.4) is 0 Å². The molecule has 0 bridgehead atoms. The summed E-state index contributed by atoms with van der Waals surface area (Å²) >= 11 is 0.813. The van der Waals surface area contributed by atoms with Crippen LogP contribution in [-0.2, 0) is 4.79 Å². The highest BCUT2D eigenvalue weighted by Gasteiger charge is 2.38. The highest BCUT2D eigenvalue weighted by Crippen LogP contribution is 2.48. The molecular formula is C8H15NO2S2. The Balaban J connectivity index is 2.71. The van der Waals surface area contributed by atoms with Crippen molar-refractivity contribution in [2.45, 2.75) is 18.7 Å². The molecule has 3 nitrogen and oxygen atoms in total. The summed E-state index contributed by atoms with van der Waals surface area (Å²) in [6.07, 6.45) is 5.27. The van der Waals surface area contributed by atoms with Crippen molar-refractivity contribution in [2.75, 3.05) is 18.3 Å². The van der Waals surface area contributed by atoms with Gasteiger partial charge < -0.3 is 5.32 Å². The van der Waals surface area contributed by atoms with E-state index in [9.17, 15) is 9.59 Å². The largest absolute Gasteiger partial charge is 0.328 e. The second kappa shape index (κ2) is 3.92. The number of amides is 1. The van der Waals surface area contributed by atoms with Gasteiger partial charge in [0.1, 0.15) is 5.37 Å². The SMILES string of the molecule is CCCS(C)(C)C1NC(=O)SC1=O. The van der Waals surface area contributed by atoms with Crippen molar-refractivity contribution in [1.82, 2.24) is 5.32 Å². The Labute approximate surface area is 84.3 Å². The highest BCUT2D eigenvalue weighted by molar-refractivity contribution is 8.37. The molecule has 1 saturated heterocycles. The van der Waals surface area contributed by atoms with Crippen molar-refractivity contribution in [3.05, 3.63) is 0 Å². The predicted molar refractivity (Wildman–Crippen MR) is 59.5 cm³/mol. The van der Waals surface area contributed by atoms with Crippen LogP contribution in [0.4, 0.5) is 4.79 Å². The number of carbonyl (C=O) groups excluding carboxylic acids is 2. The summed E-state index contributed by atoms with van der Waals surface area (Å²) in [4.78, 5) is 22.4. The normalized spacial score (nSPS) is 24.7. The zero-order valence-corrected chi connectivity index (χ0v) is 9.76. The lowest BCUT2D eigenvalue weighted by Gasteiger charge is -2.35. The summed E-state index contributed by atoms with van der Waals surface area (Å²) in [5, 5.41) is 2.33. The summed E-state index contributed by atoms with van der Waals surface area (Å²) < 4.78 is 0. The van der Waals surface area contributed by atoms with E-state index in [0.29, 0.717) is 0 Å². The van der Waals surface area contributed by atoms with E-state index in [1.165, 1.54) is 0 Å². The Hall–Kier alpha value is -0.160. The Bertz CT molecular complexity index is 240. The van der Waals surface area contributed by atoms with Gasteiger partial charge in [0, 0.05) is 11.8 Å². The van der Waals surface area contributed by atoms with Crippen molar-refractivity contribution in [1.29, 1.82) is 0 Å². The number of carbonyl (C=O) groups is 2. The van der Waals surface area contributed by atoms with Crippen LogP contribution >= 0.6 is 21.8 Å². The Morgan fingerprint density at radius 3 is 2.46 bits per heavy atom. The molecule has 0 aromatic rings. The number of hydrogen-bond acceptors (Lipinski definition) is 3. The fraction of sp³-hybridized carbons (Fsp3) is 0.750. The molecule has 5 heteroatoms. The second-order valence-electron chi connectivity index (χ2n) is 3.56. The van der Waals surface area contributed by atoms with Gasteiger partial charge in [0.05, 0.1) is 0 Å². The van der Waals surface area contributed by atoms with Crippen LogP contribution in [0.5, 0.6) is 0 Å². The molecule has 1 fully saturated rings. The summed E-state index contributed by atoms with van der Waals surface area (Å²) in [5.74, 6) is 1.03. The molecule has 1 rings (SSSR count). The van der Waals surface area contributed by atoms with Crippen molar-refractivity contribution in [2.24, 2.45) is 0 Å². The molecule has 1 aliphatic rings. The van der Waals surface area contributed by atoms with Crippen LogP contribution in [-0.4, -0.2) is 34.0 Å². The third-order valence-corrected chi connectivity index (χ3v) is 5.98. The summed E-state index contributed by atoms with van der Waals surface area (Å²) in [6, 6.07) is 0. The molecular weight excluding hydrogens is 206 g/mol. The van der Waals surface area contributed by atoms with Gasteiger partial charge in [0.25, 0.3) is 5.24 Å². The van der Waals surface area contributed by atoms with E-state index in [2.05, 4.69) is 24.8 Å². The maximum absolute atomic E-state index is 11.4. The molecule has 0 aromatic heterocycles. The number of thioether (sulfide) groups is 1. The summed E-state index contributed by atoms with van der Waals surface area (Å²) in [6.45, 7) is 2.10. The molecule has 13 heavy (non-hydrogen) atoms. The topological polar surface area (TPSA) is 46.2 Å². The molecule has 1 N–H and O–H groups in total. The molecule has 0 spiro atoms. The van der Waals surface area contributed by atoms with E-state index >= 15 is 0 Å². The van der Waals surface area contributed by atoms with E-state index in [4.69, 9.17) is 0 Å². The van der Waals surface area contributed by atoms with E-state index in [-0.39, 0.29) is 15.7 Å². The standard InChI is InChI=1S/C8H15NO2S2/c1-4-5-13(2,3)6-7(10)12-8(11)9-6/h6H,4-5H2,1-3H3,(H,9,11). The average molecular weight is 221 g/mol. The second-order valence-corrected chi connectivity index (χ2v) is 8.67. The first-order valence-electron chi connectivity index (χ1n) is 4.19. The molecule has 0 radical (unpaired) electrons. The molecule has 1 atom stereocenters. The van der Waals surface area contributed by atoms with Crippen LogP contribution in [0, 0.1) is 0 Å². The van der Waals surface area contributed by atoms with Crippen LogP contribution in [0.2, 0.25) is 0 Å². The van der Waals surface area contributed by atoms with Gasteiger partial charge in [0.2, 0.25) is 5.12 Å². The summed E-state index contributed by atoms with van der Waals surface area (Å²) in [5.41, 5.74) is 0. The van der Waals surface area contributed by atoms with Crippen LogP contribution in [0.25, 0.3) is 0 Å². The van der Waals surface area contributed by atoms with Crippen molar-refractivity contribution in [3.63, 3.8) is 0 Å². The molecule has 76 valence electrons. The minimum Gasteiger partial charge on any atom is -0.328 e. The van der Waals surface area contributed by atoms with Gasteiger partial charge in [-0.05, 0) is 24.7 Å². The van der Waals surface area contributed by atoms with Gasteiger partial charge in [-0.25, -0.2) is 10.0 Å². The summed E-state index contributed by atoms with van der Waals surface area (Å²) in [7, 11) is -0.994. The first-order chi connectivity index (χ1) is 5.97. The van der Waals surface area contributed by atoms with Crippen molar-refractivity contribution < 1.29 is 9.59 Å². The maximum Gasteiger partial charge on any atom is 0.287 e. The minimum absolute atomic E-state index is 0.00144. The smallest absolute Gasteiger partial charge is 0.287 e. The first kappa shape index (κ1) is 10.9. The number of hydrogen-bond donors (Lipinski definition) is 1. The van der Waals surface area contributed by atoms with E-state index in [0.717, 1.165) is 23.9 Å². The van der Waals surface area contributed by atoms with Crippen molar-refractivity contribution in [3.8, 4) is 0 Å². The Morgan fingerprint density at radius 1 is 1.46 bits per heavy atom.